The Morgan fingerprint density at radius 2 is 2.21 bits per heavy atom. The van der Waals surface area contributed by atoms with E-state index in [4.69, 9.17) is 27.3 Å². The molecule has 98 valence electrons. The number of pyridine rings is 2. The van der Waals surface area contributed by atoms with E-state index in [1.54, 1.807) is 25.1 Å². The topological polar surface area (TPSA) is 93.6 Å². The minimum atomic E-state index is -0.0857. The van der Waals surface area contributed by atoms with Crippen molar-refractivity contribution < 1.29 is 9.94 Å². The Bertz CT molecular complexity index is 631. The van der Waals surface area contributed by atoms with Gasteiger partial charge in [0.2, 0.25) is 5.88 Å². The molecular formula is C12H11ClN4O2. The summed E-state index contributed by atoms with van der Waals surface area (Å²) in [6.07, 6.45) is 2.98. The van der Waals surface area contributed by atoms with Gasteiger partial charge in [-0.1, -0.05) is 16.8 Å². The maximum Gasteiger partial charge on any atom is 0.230 e. The van der Waals surface area contributed by atoms with Crippen LogP contribution < -0.4 is 10.5 Å². The molecule has 0 radical (unpaired) electrons. The lowest BCUT2D eigenvalue weighted by molar-refractivity contribution is 0.318. The van der Waals surface area contributed by atoms with Crippen LogP contribution in [0.15, 0.2) is 35.7 Å². The molecule has 0 unspecified atom stereocenters. The van der Waals surface area contributed by atoms with Crippen LogP contribution in [0.5, 0.6) is 11.6 Å². The molecule has 0 fully saturated rings. The van der Waals surface area contributed by atoms with Gasteiger partial charge in [-0.05, 0) is 19.1 Å². The number of nitrogens with zero attached hydrogens (tertiary/aromatic N) is 3. The lowest BCUT2D eigenvalue weighted by Gasteiger charge is -2.09. The van der Waals surface area contributed by atoms with Crippen LogP contribution in [-0.4, -0.2) is 21.0 Å². The molecule has 0 atom stereocenters. The normalized spacial score (nSPS) is 11.4. The highest BCUT2D eigenvalue weighted by molar-refractivity contribution is 6.30. The molecule has 2 heterocycles. The van der Waals surface area contributed by atoms with Crippen LogP contribution >= 0.6 is 11.6 Å². The largest absolute Gasteiger partial charge is 0.437 e. The molecule has 3 N–H and O–H groups in total. The molecule has 0 spiro atoms. The molecule has 0 aliphatic carbocycles. The molecule has 2 rings (SSSR count). The van der Waals surface area contributed by atoms with E-state index < -0.39 is 0 Å². The second-order valence-corrected chi connectivity index (χ2v) is 4.17. The van der Waals surface area contributed by atoms with E-state index in [1.807, 2.05) is 0 Å². The minimum absolute atomic E-state index is 0.0857. The Morgan fingerprint density at radius 3 is 2.89 bits per heavy atom. The Labute approximate surface area is 114 Å². The summed E-state index contributed by atoms with van der Waals surface area (Å²) >= 11 is 5.82. The quantitative estimate of drug-likeness (QED) is 0.389. The van der Waals surface area contributed by atoms with Gasteiger partial charge in [-0.2, -0.15) is 0 Å². The van der Waals surface area contributed by atoms with Crippen molar-refractivity contribution in [2.75, 3.05) is 0 Å². The first-order chi connectivity index (χ1) is 9.10. The van der Waals surface area contributed by atoms with Gasteiger partial charge in [-0.3, -0.25) is 4.98 Å². The van der Waals surface area contributed by atoms with E-state index in [2.05, 4.69) is 15.1 Å². The number of amidine groups is 1. The van der Waals surface area contributed by atoms with Gasteiger partial charge in [0.15, 0.2) is 5.84 Å². The van der Waals surface area contributed by atoms with Crippen molar-refractivity contribution in [3.8, 4) is 11.6 Å². The Morgan fingerprint density at radius 1 is 1.42 bits per heavy atom. The Balaban J connectivity index is 2.41. The lowest BCUT2D eigenvalue weighted by Crippen LogP contribution is -2.15. The predicted molar refractivity (Wildman–Crippen MR) is 70.8 cm³/mol. The van der Waals surface area contributed by atoms with Crippen molar-refractivity contribution in [1.82, 2.24) is 9.97 Å². The third kappa shape index (κ3) is 3.11. The van der Waals surface area contributed by atoms with Crippen molar-refractivity contribution >= 4 is 17.4 Å². The predicted octanol–water partition coefficient (Wildman–Crippen LogP) is 2.33. The summed E-state index contributed by atoms with van der Waals surface area (Å²) < 4.78 is 5.56. The van der Waals surface area contributed by atoms with Crippen LogP contribution in [-0.2, 0) is 0 Å². The summed E-state index contributed by atoms with van der Waals surface area (Å²) in [5.74, 6) is 0.550. The van der Waals surface area contributed by atoms with Gasteiger partial charge in [0.1, 0.15) is 5.75 Å². The first kappa shape index (κ1) is 13.1. The minimum Gasteiger partial charge on any atom is -0.437 e. The van der Waals surface area contributed by atoms with Crippen molar-refractivity contribution in [3.05, 3.63) is 46.9 Å². The number of halogens is 1. The SMILES string of the molecule is Cc1ccc(C(N)=NO)c(Oc2cncc(Cl)c2)n1. The van der Waals surface area contributed by atoms with Gasteiger partial charge in [0, 0.05) is 18.0 Å². The Hall–Kier alpha value is -2.34. The van der Waals surface area contributed by atoms with Crippen LogP contribution in [0.25, 0.3) is 0 Å². The van der Waals surface area contributed by atoms with Gasteiger partial charge in [0.25, 0.3) is 0 Å². The number of ether oxygens (including phenoxy) is 1. The summed E-state index contributed by atoms with van der Waals surface area (Å²) in [6, 6.07) is 4.98. The van der Waals surface area contributed by atoms with Crippen LogP contribution in [0, 0.1) is 6.92 Å². The first-order valence-electron chi connectivity index (χ1n) is 5.34. The monoisotopic (exact) mass is 278 g/mol. The summed E-state index contributed by atoms with van der Waals surface area (Å²) in [5, 5.41) is 12.1. The molecular weight excluding hydrogens is 268 g/mol. The zero-order chi connectivity index (χ0) is 13.8. The second-order valence-electron chi connectivity index (χ2n) is 3.73. The number of aromatic nitrogens is 2. The molecule has 0 saturated carbocycles. The number of nitrogens with two attached hydrogens (primary N) is 1. The zero-order valence-corrected chi connectivity index (χ0v) is 10.8. The average molecular weight is 279 g/mol. The van der Waals surface area contributed by atoms with Crippen molar-refractivity contribution in [2.45, 2.75) is 6.92 Å². The second kappa shape index (κ2) is 5.53. The molecule has 2 aromatic rings. The molecule has 0 saturated heterocycles. The van der Waals surface area contributed by atoms with E-state index in [1.165, 1.54) is 12.4 Å². The van der Waals surface area contributed by atoms with E-state index in [9.17, 15) is 0 Å². The van der Waals surface area contributed by atoms with Gasteiger partial charge >= 0.3 is 0 Å². The van der Waals surface area contributed by atoms with E-state index in [0.29, 0.717) is 16.3 Å². The molecule has 0 amide bonds. The fourth-order valence-electron chi connectivity index (χ4n) is 1.42. The zero-order valence-electron chi connectivity index (χ0n) is 10.0. The smallest absolute Gasteiger partial charge is 0.230 e. The number of rotatable bonds is 3. The average Bonchev–Trinajstić information content (AvgIpc) is 2.38. The van der Waals surface area contributed by atoms with Crippen molar-refractivity contribution in [2.24, 2.45) is 10.9 Å². The standard InChI is InChI=1S/C12H11ClN4O2/c1-7-2-3-10(11(14)17-18)12(16-7)19-9-4-8(13)5-15-6-9/h2-6,18H,1H3,(H2,14,17). The molecule has 2 aromatic heterocycles. The van der Waals surface area contributed by atoms with Gasteiger partial charge < -0.3 is 15.7 Å². The van der Waals surface area contributed by atoms with Gasteiger partial charge in [-0.15, -0.1) is 0 Å². The van der Waals surface area contributed by atoms with Crippen LogP contribution in [0.4, 0.5) is 0 Å². The highest BCUT2D eigenvalue weighted by atomic mass is 35.5. The number of hydrogen-bond donors (Lipinski definition) is 2. The number of aryl methyl sites for hydroxylation is 1. The summed E-state index contributed by atoms with van der Waals surface area (Å²) in [7, 11) is 0. The molecule has 7 heteroatoms. The fourth-order valence-corrected chi connectivity index (χ4v) is 1.58. The van der Waals surface area contributed by atoms with Crippen LogP contribution in [0.2, 0.25) is 5.02 Å². The van der Waals surface area contributed by atoms with Gasteiger partial charge in [0.05, 0.1) is 16.8 Å². The summed E-state index contributed by atoms with van der Waals surface area (Å²) in [4.78, 5) is 8.10. The highest BCUT2D eigenvalue weighted by Crippen LogP contribution is 2.24. The number of hydrogen-bond acceptors (Lipinski definition) is 5. The molecule has 0 aliphatic heterocycles. The molecule has 19 heavy (non-hydrogen) atoms. The summed E-state index contributed by atoms with van der Waals surface area (Å²) in [6.45, 7) is 1.80. The third-order valence-electron chi connectivity index (χ3n) is 2.28. The fraction of sp³-hybridized carbons (Fsp3) is 0.0833. The Kier molecular flexibility index (Phi) is 3.82. The van der Waals surface area contributed by atoms with E-state index in [-0.39, 0.29) is 11.7 Å². The van der Waals surface area contributed by atoms with Gasteiger partial charge in [-0.25, -0.2) is 4.98 Å². The summed E-state index contributed by atoms with van der Waals surface area (Å²) in [5.41, 5.74) is 6.69. The number of oxime groups is 1. The molecule has 6 nitrogen and oxygen atoms in total. The van der Waals surface area contributed by atoms with Crippen LogP contribution in [0.3, 0.4) is 0 Å². The van der Waals surface area contributed by atoms with Crippen molar-refractivity contribution in [3.63, 3.8) is 0 Å². The molecule has 0 aliphatic rings. The third-order valence-corrected chi connectivity index (χ3v) is 2.48. The lowest BCUT2D eigenvalue weighted by atomic mass is 10.2. The van der Waals surface area contributed by atoms with Crippen LogP contribution in [0.1, 0.15) is 11.3 Å². The highest BCUT2D eigenvalue weighted by Gasteiger charge is 2.11. The molecule has 0 bridgehead atoms. The van der Waals surface area contributed by atoms with E-state index in [0.717, 1.165) is 5.69 Å². The van der Waals surface area contributed by atoms with E-state index >= 15 is 0 Å². The maximum absolute atomic E-state index is 8.74. The molecule has 0 aromatic carbocycles. The maximum atomic E-state index is 8.74. The van der Waals surface area contributed by atoms with Crippen molar-refractivity contribution in [1.29, 1.82) is 0 Å². The first-order valence-corrected chi connectivity index (χ1v) is 5.72.